The molecule has 236 valence electrons. The van der Waals surface area contributed by atoms with E-state index >= 15 is 0 Å². The third-order valence-electron chi connectivity index (χ3n) is 8.81. The van der Waals surface area contributed by atoms with Crippen LogP contribution >= 0.6 is 0 Å². The molecule has 0 spiro atoms. The van der Waals surface area contributed by atoms with Gasteiger partial charge < -0.3 is 19.1 Å². The van der Waals surface area contributed by atoms with E-state index in [0.717, 1.165) is 75.6 Å². The average Bonchev–Trinajstić information content (AvgIpc) is 3.64. The van der Waals surface area contributed by atoms with E-state index in [-0.39, 0.29) is 12.0 Å². The average molecular weight is 618 g/mol. The third-order valence-corrected chi connectivity index (χ3v) is 8.81. The number of carbonyl (C=O) groups excluding carboxylic acids is 1. The Labute approximate surface area is 269 Å². The van der Waals surface area contributed by atoms with Gasteiger partial charge in [-0.15, -0.1) is 0 Å². The standard InChI is InChI=1S/C37H39N5O4/c1-37(2,3)46-36(43)41-21-26(22-41)30-17-14-25(19-38-30)33-35-31(42(40-33)20-23-12-15-27(44-4)16-13-23)18-32(45-5)34(39-35)29-11-7-9-24-8-6-10-28(24)29/h7,9,11-19,26H,6,8,10,20-22H2,1-5H3. The molecular formula is C37H39N5O4. The maximum Gasteiger partial charge on any atom is 0.410 e. The number of ether oxygens (including phenoxy) is 3. The van der Waals surface area contributed by atoms with Crippen LogP contribution in [0, 0.1) is 0 Å². The highest BCUT2D eigenvalue weighted by molar-refractivity contribution is 5.93. The lowest BCUT2D eigenvalue weighted by molar-refractivity contribution is 0.00787. The molecule has 1 aliphatic heterocycles. The summed E-state index contributed by atoms with van der Waals surface area (Å²) >= 11 is 0. The minimum atomic E-state index is -0.514. The number of aromatic nitrogens is 4. The molecule has 0 saturated carbocycles. The van der Waals surface area contributed by atoms with Crippen LogP contribution in [0.4, 0.5) is 4.79 Å². The van der Waals surface area contributed by atoms with Gasteiger partial charge in [-0.1, -0.05) is 30.3 Å². The highest BCUT2D eigenvalue weighted by Crippen LogP contribution is 2.40. The zero-order valence-electron chi connectivity index (χ0n) is 27.0. The Morgan fingerprint density at radius 1 is 0.957 bits per heavy atom. The number of rotatable bonds is 7. The van der Waals surface area contributed by atoms with E-state index in [0.29, 0.717) is 19.6 Å². The number of pyridine rings is 2. The van der Waals surface area contributed by atoms with Crippen LogP contribution in [0.1, 0.15) is 55.5 Å². The van der Waals surface area contributed by atoms with Gasteiger partial charge in [0.2, 0.25) is 0 Å². The van der Waals surface area contributed by atoms with Gasteiger partial charge in [-0.2, -0.15) is 5.10 Å². The molecule has 0 unspecified atom stereocenters. The lowest BCUT2D eigenvalue weighted by Crippen LogP contribution is -2.50. The Morgan fingerprint density at radius 2 is 1.76 bits per heavy atom. The van der Waals surface area contributed by atoms with Crippen molar-refractivity contribution in [2.45, 2.75) is 58.1 Å². The van der Waals surface area contributed by atoms with E-state index < -0.39 is 5.60 Å². The molecule has 5 aromatic rings. The van der Waals surface area contributed by atoms with E-state index in [1.54, 1.807) is 19.1 Å². The van der Waals surface area contributed by atoms with Crippen LogP contribution in [-0.2, 0) is 24.1 Å². The van der Waals surface area contributed by atoms with Crippen molar-refractivity contribution in [3.8, 4) is 34.0 Å². The largest absolute Gasteiger partial charge is 0.497 e. The van der Waals surface area contributed by atoms with Crippen molar-refractivity contribution in [3.05, 3.63) is 89.2 Å². The van der Waals surface area contributed by atoms with Crippen molar-refractivity contribution in [3.63, 3.8) is 0 Å². The molecular weight excluding hydrogens is 578 g/mol. The van der Waals surface area contributed by atoms with Crippen LogP contribution in [-0.4, -0.2) is 63.7 Å². The zero-order valence-corrected chi connectivity index (χ0v) is 27.0. The normalized spacial score (nSPS) is 14.7. The minimum absolute atomic E-state index is 0.167. The Bertz CT molecular complexity index is 1900. The number of likely N-dealkylation sites (tertiary alicyclic amines) is 1. The predicted molar refractivity (Wildman–Crippen MR) is 177 cm³/mol. The van der Waals surface area contributed by atoms with E-state index in [1.807, 2.05) is 62.0 Å². The summed E-state index contributed by atoms with van der Waals surface area (Å²) in [5, 5.41) is 5.12. The van der Waals surface area contributed by atoms with Crippen LogP contribution in [0.15, 0.2) is 66.9 Å². The topological polar surface area (TPSA) is 91.6 Å². The van der Waals surface area contributed by atoms with E-state index in [9.17, 15) is 4.79 Å². The highest BCUT2D eigenvalue weighted by Gasteiger charge is 2.35. The van der Waals surface area contributed by atoms with Gasteiger partial charge in [-0.3, -0.25) is 9.67 Å². The Morgan fingerprint density at radius 3 is 2.46 bits per heavy atom. The molecule has 0 bridgehead atoms. The summed E-state index contributed by atoms with van der Waals surface area (Å²) in [6.07, 6.45) is 4.87. The van der Waals surface area contributed by atoms with Crippen LogP contribution in [0.25, 0.3) is 33.5 Å². The second-order valence-electron chi connectivity index (χ2n) is 13.1. The van der Waals surface area contributed by atoms with Crippen molar-refractivity contribution in [2.75, 3.05) is 27.3 Å². The van der Waals surface area contributed by atoms with Gasteiger partial charge in [-0.25, -0.2) is 9.78 Å². The summed E-state index contributed by atoms with van der Waals surface area (Å²) in [6, 6.07) is 20.7. The summed E-state index contributed by atoms with van der Waals surface area (Å²) in [5.74, 6) is 1.70. The smallest absolute Gasteiger partial charge is 0.410 e. The van der Waals surface area contributed by atoms with E-state index in [2.05, 4.69) is 30.3 Å². The maximum atomic E-state index is 12.4. The fourth-order valence-electron chi connectivity index (χ4n) is 6.42. The van der Waals surface area contributed by atoms with E-state index in [4.69, 9.17) is 29.3 Å². The van der Waals surface area contributed by atoms with Crippen LogP contribution < -0.4 is 9.47 Å². The molecule has 1 amide bonds. The number of amides is 1. The first-order chi connectivity index (χ1) is 22.2. The van der Waals surface area contributed by atoms with Gasteiger partial charge >= 0.3 is 6.09 Å². The van der Waals surface area contributed by atoms with Gasteiger partial charge in [0.25, 0.3) is 0 Å². The van der Waals surface area contributed by atoms with Crippen LogP contribution in [0.3, 0.4) is 0 Å². The second-order valence-corrected chi connectivity index (χ2v) is 13.1. The zero-order chi connectivity index (χ0) is 32.0. The monoisotopic (exact) mass is 617 g/mol. The number of benzene rings is 2. The van der Waals surface area contributed by atoms with Crippen LogP contribution in [0.2, 0.25) is 0 Å². The molecule has 0 radical (unpaired) electrons. The first kappa shape index (κ1) is 29.8. The van der Waals surface area contributed by atoms with Crippen molar-refractivity contribution in [1.82, 2.24) is 24.6 Å². The lowest BCUT2D eigenvalue weighted by atomic mass is 9.95. The van der Waals surface area contributed by atoms with Crippen molar-refractivity contribution < 1.29 is 19.0 Å². The molecule has 1 saturated heterocycles. The Balaban J connectivity index is 1.25. The van der Waals surface area contributed by atoms with Crippen molar-refractivity contribution in [2.24, 2.45) is 0 Å². The fourth-order valence-corrected chi connectivity index (χ4v) is 6.42. The number of hydrogen-bond donors (Lipinski definition) is 0. The molecule has 0 N–H and O–H groups in total. The SMILES string of the molecule is COc1ccc(Cn2nc(-c3ccc(C4CN(C(=O)OC(C)(C)C)C4)nc3)c3nc(-c4cccc5c4CCC5)c(OC)cc32)cc1. The minimum Gasteiger partial charge on any atom is -0.497 e. The first-order valence-electron chi connectivity index (χ1n) is 15.8. The number of hydrogen-bond acceptors (Lipinski definition) is 7. The van der Waals surface area contributed by atoms with Gasteiger partial charge in [0.15, 0.2) is 0 Å². The molecule has 3 aromatic heterocycles. The van der Waals surface area contributed by atoms with E-state index in [1.165, 1.54) is 11.1 Å². The van der Waals surface area contributed by atoms with Crippen molar-refractivity contribution >= 4 is 17.1 Å². The summed E-state index contributed by atoms with van der Waals surface area (Å²) in [4.78, 5) is 24.3. The molecule has 4 heterocycles. The first-order valence-corrected chi connectivity index (χ1v) is 15.8. The molecule has 2 aromatic carbocycles. The van der Waals surface area contributed by atoms with Gasteiger partial charge in [0.05, 0.1) is 26.3 Å². The summed E-state index contributed by atoms with van der Waals surface area (Å²) in [5.41, 5.74) is 9.55. The Kier molecular flexibility index (Phi) is 7.63. The van der Waals surface area contributed by atoms with Gasteiger partial charge in [-0.05, 0) is 81.0 Å². The number of nitrogens with zero attached hydrogens (tertiary/aromatic N) is 5. The molecule has 2 aliphatic rings. The van der Waals surface area contributed by atoms with Crippen LogP contribution in [0.5, 0.6) is 11.5 Å². The lowest BCUT2D eigenvalue weighted by Gasteiger charge is -2.39. The molecule has 1 aliphatic carbocycles. The maximum absolute atomic E-state index is 12.4. The second kappa shape index (κ2) is 11.8. The molecule has 9 heteroatoms. The fraction of sp³-hybridized carbons (Fsp3) is 0.351. The predicted octanol–water partition coefficient (Wildman–Crippen LogP) is 7.05. The summed E-state index contributed by atoms with van der Waals surface area (Å²) in [7, 11) is 3.37. The number of aryl methyl sites for hydroxylation is 1. The Hall–Kier alpha value is -4.92. The highest BCUT2D eigenvalue weighted by atomic mass is 16.6. The third kappa shape index (κ3) is 5.66. The van der Waals surface area contributed by atoms with Gasteiger partial charge in [0.1, 0.15) is 34.0 Å². The number of methoxy groups -OCH3 is 2. The molecule has 0 atom stereocenters. The summed E-state index contributed by atoms with van der Waals surface area (Å²) in [6.45, 7) is 7.37. The molecule has 1 fully saturated rings. The van der Waals surface area contributed by atoms with Crippen molar-refractivity contribution in [1.29, 1.82) is 0 Å². The molecule has 7 rings (SSSR count). The van der Waals surface area contributed by atoms with Gasteiger partial charge in [0, 0.05) is 48.1 Å². The molecule has 9 nitrogen and oxygen atoms in total. The molecule has 46 heavy (non-hydrogen) atoms. The number of fused-ring (bicyclic) bond motifs is 2. The quantitative estimate of drug-likeness (QED) is 0.193. The number of carbonyl (C=O) groups is 1. The summed E-state index contributed by atoms with van der Waals surface area (Å²) < 4.78 is 18.8.